The average Bonchev–Trinajstić information content (AvgIpc) is 2.71. The third-order valence-electron chi connectivity index (χ3n) is 4.83. The van der Waals surface area contributed by atoms with E-state index < -0.39 is 0 Å². The lowest BCUT2D eigenvalue weighted by Crippen LogP contribution is -2.62. The van der Waals surface area contributed by atoms with Crippen molar-refractivity contribution in [3.8, 4) is 0 Å². The molecule has 108 valence electrons. The SMILES string of the molecule is CCC1(CC)CN(Cc2cc(C)c(C)s2)C(C)CN1. The number of nitrogens with zero attached hydrogens (tertiary/aromatic N) is 1. The van der Waals surface area contributed by atoms with Crippen molar-refractivity contribution in [1.29, 1.82) is 0 Å². The molecular weight excluding hydrogens is 252 g/mol. The van der Waals surface area contributed by atoms with Crippen LogP contribution < -0.4 is 5.32 Å². The lowest BCUT2D eigenvalue weighted by molar-refractivity contribution is 0.0754. The van der Waals surface area contributed by atoms with Crippen LogP contribution in [0.4, 0.5) is 0 Å². The largest absolute Gasteiger partial charge is 0.308 e. The van der Waals surface area contributed by atoms with Crippen molar-refractivity contribution in [1.82, 2.24) is 10.2 Å². The molecule has 1 aliphatic rings. The Hall–Kier alpha value is -0.380. The molecule has 0 bridgehead atoms. The first-order chi connectivity index (χ1) is 8.99. The number of aryl methyl sites for hydroxylation is 2. The van der Waals surface area contributed by atoms with E-state index in [-0.39, 0.29) is 0 Å². The Morgan fingerprint density at radius 3 is 2.58 bits per heavy atom. The van der Waals surface area contributed by atoms with Crippen molar-refractivity contribution in [3.05, 3.63) is 21.4 Å². The predicted octanol–water partition coefficient (Wildman–Crippen LogP) is 3.72. The Balaban J connectivity index is 2.09. The molecule has 1 aromatic heterocycles. The summed E-state index contributed by atoms with van der Waals surface area (Å²) in [6.07, 6.45) is 2.43. The number of rotatable bonds is 4. The zero-order valence-corrected chi connectivity index (χ0v) is 13.9. The molecule has 19 heavy (non-hydrogen) atoms. The maximum atomic E-state index is 3.78. The molecule has 2 rings (SSSR count). The fraction of sp³-hybridized carbons (Fsp3) is 0.750. The average molecular weight is 280 g/mol. The van der Waals surface area contributed by atoms with E-state index >= 15 is 0 Å². The van der Waals surface area contributed by atoms with Crippen molar-refractivity contribution in [2.24, 2.45) is 0 Å². The molecule has 0 spiro atoms. The van der Waals surface area contributed by atoms with Gasteiger partial charge in [0.15, 0.2) is 0 Å². The topological polar surface area (TPSA) is 15.3 Å². The standard InChI is InChI=1S/C16H28N2S/c1-6-16(7-2)11-18(13(4)9-17-16)10-15-8-12(3)14(5)19-15/h8,13,17H,6-7,9-11H2,1-5H3. The van der Waals surface area contributed by atoms with Crippen LogP contribution in [0.25, 0.3) is 0 Å². The maximum Gasteiger partial charge on any atom is 0.0332 e. The Morgan fingerprint density at radius 1 is 1.37 bits per heavy atom. The van der Waals surface area contributed by atoms with E-state index in [1.165, 1.54) is 34.7 Å². The minimum atomic E-state index is 0.327. The Kier molecular flexibility index (Phi) is 4.70. The molecule has 3 heteroatoms. The van der Waals surface area contributed by atoms with Gasteiger partial charge in [0.1, 0.15) is 0 Å². The van der Waals surface area contributed by atoms with Gasteiger partial charge >= 0.3 is 0 Å². The van der Waals surface area contributed by atoms with Gasteiger partial charge in [0.2, 0.25) is 0 Å². The molecular formula is C16H28N2S. The Labute approximate surface area is 122 Å². The molecule has 2 nitrogen and oxygen atoms in total. The lowest BCUT2D eigenvalue weighted by Gasteiger charge is -2.46. The minimum Gasteiger partial charge on any atom is -0.308 e. The summed E-state index contributed by atoms with van der Waals surface area (Å²) >= 11 is 1.96. The fourth-order valence-electron chi connectivity index (χ4n) is 2.96. The van der Waals surface area contributed by atoms with Crippen LogP contribution in [0.3, 0.4) is 0 Å². The molecule has 1 fully saturated rings. The van der Waals surface area contributed by atoms with E-state index in [2.05, 4.69) is 50.9 Å². The fourth-order valence-corrected chi connectivity index (χ4v) is 4.04. The number of hydrogen-bond acceptors (Lipinski definition) is 3. The van der Waals surface area contributed by atoms with E-state index in [1.807, 2.05) is 11.3 Å². The van der Waals surface area contributed by atoms with Gasteiger partial charge in [-0.05, 0) is 45.2 Å². The van der Waals surface area contributed by atoms with Gasteiger partial charge in [-0.2, -0.15) is 0 Å². The summed E-state index contributed by atoms with van der Waals surface area (Å²) in [6.45, 7) is 14.8. The van der Waals surface area contributed by atoms with Crippen LogP contribution in [0.2, 0.25) is 0 Å². The molecule has 2 heterocycles. The van der Waals surface area contributed by atoms with E-state index in [0.29, 0.717) is 11.6 Å². The molecule has 1 unspecified atom stereocenters. The number of thiophene rings is 1. The van der Waals surface area contributed by atoms with Crippen LogP contribution in [0.15, 0.2) is 6.07 Å². The zero-order valence-electron chi connectivity index (χ0n) is 13.0. The molecule has 0 aliphatic carbocycles. The Bertz CT molecular complexity index is 401. The summed E-state index contributed by atoms with van der Waals surface area (Å²) in [7, 11) is 0. The van der Waals surface area contributed by atoms with Crippen LogP contribution in [-0.4, -0.2) is 29.6 Å². The molecule has 0 amide bonds. The highest BCUT2D eigenvalue weighted by molar-refractivity contribution is 7.12. The summed E-state index contributed by atoms with van der Waals surface area (Å²) < 4.78 is 0. The van der Waals surface area contributed by atoms with Crippen molar-refractivity contribution in [3.63, 3.8) is 0 Å². The summed E-state index contributed by atoms with van der Waals surface area (Å²) in [5.41, 5.74) is 1.77. The summed E-state index contributed by atoms with van der Waals surface area (Å²) in [4.78, 5) is 5.65. The second kappa shape index (κ2) is 5.94. The third-order valence-corrected chi connectivity index (χ3v) is 5.97. The van der Waals surface area contributed by atoms with E-state index in [9.17, 15) is 0 Å². The number of nitrogens with one attached hydrogen (secondary N) is 1. The molecule has 1 aromatic rings. The van der Waals surface area contributed by atoms with Crippen LogP contribution in [0.1, 0.15) is 48.9 Å². The molecule has 1 aliphatic heterocycles. The van der Waals surface area contributed by atoms with Crippen LogP contribution in [0.5, 0.6) is 0 Å². The van der Waals surface area contributed by atoms with Gasteiger partial charge in [-0.15, -0.1) is 11.3 Å². The number of piperazine rings is 1. The normalized spacial score (nSPS) is 23.7. The molecule has 0 saturated carbocycles. The summed E-state index contributed by atoms with van der Waals surface area (Å²) in [5, 5.41) is 3.78. The molecule has 1 atom stereocenters. The quantitative estimate of drug-likeness (QED) is 0.904. The van der Waals surface area contributed by atoms with E-state index in [4.69, 9.17) is 0 Å². The van der Waals surface area contributed by atoms with Crippen LogP contribution in [0, 0.1) is 13.8 Å². The minimum absolute atomic E-state index is 0.327. The molecule has 0 radical (unpaired) electrons. The van der Waals surface area contributed by atoms with Crippen molar-refractivity contribution in [2.45, 2.75) is 65.6 Å². The van der Waals surface area contributed by atoms with Crippen molar-refractivity contribution in [2.75, 3.05) is 13.1 Å². The maximum absolute atomic E-state index is 3.78. The van der Waals surface area contributed by atoms with Crippen molar-refractivity contribution < 1.29 is 0 Å². The van der Waals surface area contributed by atoms with E-state index in [1.54, 1.807) is 0 Å². The highest BCUT2D eigenvalue weighted by Gasteiger charge is 2.34. The van der Waals surface area contributed by atoms with Crippen molar-refractivity contribution >= 4 is 11.3 Å². The number of hydrogen-bond donors (Lipinski definition) is 1. The Morgan fingerprint density at radius 2 is 2.05 bits per heavy atom. The lowest BCUT2D eigenvalue weighted by atomic mass is 9.89. The first kappa shape index (κ1) is 15.0. The van der Waals surface area contributed by atoms with Crippen LogP contribution in [-0.2, 0) is 6.54 Å². The third kappa shape index (κ3) is 3.21. The van der Waals surface area contributed by atoms with Gasteiger partial charge in [-0.1, -0.05) is 13.8 Å². The van der Waals surface area contributed by atoms with E-state index in [0.717, 1.165) is 13.1 Å². The first-order valence-corrected chi connectivity index (χ1v) is 8.36. The smallest absolute Gasteiger partial charge is 0.0332 e. The second-order valence-corrected chi connectivity index (χ2v) is 7.42. The van der Waals surface area contributed by atoms with Crippen LogP contribution >= 0.6 is 11.3 Å². The summed E-state index contributed by atoms with van der Waals surface area (Å²) in [6, 6.07) is 3.00. The molecule has 1 N–H and O–H groups in total. The van der Waals surface area contributed by atoms with Gasteiger partial charge < -0.3 is 5.32 Å². The van der Waals surface area contributed by atoms with Gasteiger partial charge in [-0.3, -0.25) is 4.90 Å². The highest BCUT2D eigenvalue weighted by atomic mass is 32.1. The molecule has 0 aromatic carbocycles. The first-order valence-electron chi connectivity index (χ1n) is 7.54. The monoisotopic (exact) mass is 280 g/mol. The molecule has 1 saturated heterocycles. The van der Waals surface area contributed by atoms with Gasteiger partial charge in [0.05, 0.1) is 0 Å². The van der Waals surface area contributed by atoms with Gasteiger partial charge in [0.25, 0.3) is 0 Å². The highest BCUT2D eigenvalue weighted by Crippen LogP contribution is 2.27. The summed E-state index contributed by atoms with van der Waals surface area (Å²) in [5.74, 6) is 0. The second-order valence-electron chi connectivity index (χ2n) is 6.07. The van der Waals surface area contributed by atoms with Gasteiger partial charge in [-0.25, -0.2) is 0 Å². The zero-order chi connectivity index (χ0) is 14.0. The van der Waals surface area contributed by atoms with Gasteiger partial charge in [0, 0.05) is 41.0 Å². The predicted molar refractivity (Wildman–Crippen MR) is 85.0 cm³/mol.